The topological polar surface area (TPSA) is 72.6 Å². The molecule has 0 radical (unpaired) electrons. The third kappa shape index (κ3) is 3.63. The van der Waals surface area contributed by atoms with Crippen LogP contribution in [0.25, 0.3) is 10.9 Å². The highest BCUT2D eigenvalue weighted by Gasteiger charge is 2.20. The van der Waals surface area contributed by atoms with Gasteiger partial charge in [0.15, 0.2) is 11.5 Å². The van der Waals surface area contributed by atoms with E-state index in [4.69, 9.17) is 14.2 Å². The first-order chi connectivity index (χ1) is 13.3. The van der Waals surface area contributed by atoms with Crippen LogP contribution in [0.2, 0.25) is 0 Å². The third-order valence-electron chi connectivity index (χ3n) is 4.67. The summed E-state index contributed by atoms with van der Waals surface area (Å²) in [4.78, 5) is 15.9. The van der Waals surface area contributed by atoms with Gasteiger partial charge in [-0.3, -0.25) is 4.79 Å². The Balaban J connectivity index is 1.92. The molecule has 0 unspecified atom stereocenters. The number of H-pyrrole nitrogens is 1. The summed E-state index contributed by atoms with van der Waals surface area (Å²) in [5, 5.41) is 3.71. The number of ether oxygens (including phenoxy) is 3. The van der Waals surface area contributed by atoms with Crippen LogP contribution < -0.4 is 19.5 Å². The van der Waals surface area contributed by atoms with Crippen LogP contribution in [0.4, 0.5) is 5.69 Å². The Labute approximate surface area is 164 Å². The summed E-state index contributed by atoms with van der Waals surface area (Å²) >= 11 is 0. The summed E-state index contributed by atoms with van der Waals surface area (Å²) in [6, 6.07) is 11.4. The van der Waals surface area contributed by atoms with Crippen molar-refractivity contribution in [2.45, 2.75) is 26.2 Å². The fraction of sp³-hybridized carbons (Fsp3) is 0.318. The highest BCUT2D eigenvalue weighted by Crippen LogP contribution is 2.43. The first-order valence-electron chi connectivity index (χ1n) is 9.02. The van der Waals surface area contributed by atoms with E-state index in [1.165, 1.54) is 5.56 Å². The molecule has 28 heavy (non-hydrogen) atoms. The van der Waals surface area contributed by atoms with E-state index in [-0.39, 0.29) is 11.3 Å². The van der Waals surface area contributed by atoms with Gasteiger partial charge in [0.2, 0.25) is 5.75 Å². The van der Waals surface area contributed by atoms with E-state index in [0.29, 0.717) is 28.5 Å². The van der Waals surface area contributed by atoms with E-state index in [1.54, 1.807) is 27.4 Å². The molecule has 1 heterocycles. The van der Waals surface area contributed by atoms with Crippen molar-refractivity contribution in [2.24, 2.45) is 0 Å². The number of rotatable bonds is 5. The largest absolute Gasteiger partial charge is 0.493 e. The van der Waals surface area contributed by atoms with Gasteiger partial charge in [-0.15, -0.1) is 0 Å². The average Bonchev–Trinajstić information content (AvgIpc) is 3.10. The zero-order valence-electron chi connectivity index (χ0n) is 17.1. The number of aromatic nitrogens is 1. The molecule has 0 saturated heterocycles. The Kier molecular flexibility index (Phi) is 5.23. The molecule has 6 heteroatoms. The Morgan fingerprint density at radius 3 is 2.11 bits per heavy atom. The van der Waals surface area contributed by atoms with Gasteiger partial charge in [-0.2, -0.15) is 0 Å². The summed E-state index contributed by atoms with van der Waals surface area (Å²) in [5.74, 6) is 1.27. The van der Waals surface area contributed by atoms with E-state index < -0.39 is 0 Å². The van der Waals surface area contributed by atoms with Crippen LogP contribution in [0.3, 0.4) is 0 Å². The lowest BCUT2D eigenvalue weighted by molar-refractivity contribution is 0.102. The lowest BCUT2D eigenvalue weighted by Gasteiger charge is -2.19. The number of benzene rings is 2. The minimum absolute atomic E-state index is 0.0639. The smallest absolute Gasteiger partial charge is 0.272 e. The van der Waals surface area contributed by atoms with Gasteiger partial charge in [0.1, 0.15) is 5.69 Å². The Morgan fingerprint density at radius 1 is 0.929 bits per heavy atom. The highest BCUT2D eigenvalue weighted by atomic mass is 16.5. The molecule has 0 saturated carbocycles. The molecule has 3 rings (SSSR count). The molecule has 0 atom stereocenters. The predicted molar refractivity (Wildman–Crippen MR) is 111 cm³/mol. The second kappa shape index (κ2) is 7.46. The van der Waals surface area contributed by atoms with Gasteiger partial charge in [-0.05, 0) is 35.2 Å². The maximum Gasteiger partial charge on any atom is 0.272 e. The molecule has 2 aromatic carbocycles. The Morgan fingerprint density at radius 2 is 1.57 bits per heavy atom. The second-order valence-corrected chi connectivity index (χ2v) is 7.57. The minimum Gasteiger partial charge on any atom is -0.493 e. The maximum absolute atomic E-state index is 12.7. The summed E-state index contributed by atoms with van der Waals surface area (Å²) in [6.45, 7) is 6.46. The lowest BCUT2D eigenvalue weighted by Crippen LogP contribution is -2.13. The first kappa shape index (κ1) is 19.6. The molecule has 0 bridgehead atoms. The SMILES string of the molecule is COc1cc2cc(C(=O)Nc3ccc(C(C)(C)C)cc3)[nH]c2c(OC)c1OC. The number of anilines is 1. The predicted octanol–water partition coefficient (Wildman–Crippen LogP) is 4.74. The molecule has 1 aromatic heterocycles. The van der Waals surface area contributed by atoms with Crippen molar-refractivity contribution in [2.75, 3.05) is 26.6 Å². The van der Waals surface area contributed by atoms with Crippen molar-refractivity contribution in [3.63, 3.8) is 0 Å². The molecule has 148 valence electrons. The van der Waals surface area contributed by atoms with Crippen LogP contribution in [0, 0.1) is 0 Å². The van der Waals surface area contributed by atoms with Gasteiger partial charge in [0.05, 0.1) is 26.8 Å². The normalized spacial score (nSPS) is 11.4. The number of fused-ring (bicyclic) bond motifs is 1. The lowest BCUT2D eigenvalue weighted by atomic mass is 9.87. The molecular weight excluding hydrogens is 356 g/mol. The summed E-state index contributed by atoms with van der Waals surface area (Å²) < 4.78 is 16.3. The fourth-order valence-electron chi connectivity index (χ4n) is 3.12. The van der Waals surface area contributed by atoms with Crippen molar-refractivity contribution in [3.8, 4) is 17.2 Å². The van der Waals surface area contributed by atoms with E-state index in [0.717, 1.165) is 11.1 Å². The molecule has 0 aliphatic carbocycles. The third-order valence-corrected chi connectivity index (χ3v) is 4.67. The van der Waals surface area contributed by atoms with Crippen LogP contribution in [-0.4, -0.2) is 32.2 Å². The second-order valence-electron chi connectivity index (χ2n) is 7.57. The van der Waals surface area contributed by atoms with Crippen molar-refractivity contribution in [1.82, 2.24) is 4.98 Å². The quantitative estimate of drug-likeness (QED) is 0.668. The number of nitrogens with one attached hydrogen (secondary N) is 2. The minimum atomic E-state index is -0.236. The van der Waals surface area contributed by atoms with E-state index in [2.05, 4.69) is 31.1 Å². The van der Waals surface area contributed by atoms with Crippen LogP contribution in [0.15, 0.2) is 36.4 Å². The molecule has 0 aliphatic heterocycles. The van der Waals surface area contributed by atoms with Crippen molar-refractivity contribution >= 4 is 22.5 Å². The molecular formula is C22H26N2O4. The standard InChI is InChI=1S/C22H26N2O4/c1-22(2,3)14-7-9-15(10-8-14)23-21(25)16-11-13-12-17(26-4)19(27-5)20(28-6)18(13)24-16/h7-12,24H,1-6H3,(H,23,25). The zero-order chi connectivity index (χ0) is 20.5. The van der Waals surface area contributed by atoms with Gasteiger partial charge in [0.25, 0.3) is 5.91 Å². The van der Waals surface area contributed by atoms with Gasteiger partial charge in [-0.1, -0.05) is 32.9 Å². The number of amides is 1. The van der Waals surface area contributed by atoms with Crippen LogP contribution >= 0.6 is 0 Å². The molecule has 0 fully saturated rings. The summed E-state index contributed by atoms with van der Waals surface area (Å²) in [5.41, 5.74) is 3.10. The van der Waals surface area contributed by atoms with E-state index in [1.807, 2.05) is 30.3 Å². The van der Waals surface area contributed by atoms with Gasteiger partial charge in [0, 0.05) is 11.1 Å². The number of aromatic amines is 1. The van der Waals surface area contributed by atoms with E-state index >= 15 is 0 Å². The van der Waals surface area contributed by atoms with E-state index in [9.17, 15) is 4.79 Å². The molecule has 6 nitrogen and oxygen atoms in total. The molecule has 2 N–H and O–H groups in total. The van der Waals surface area contributed by atoms with Gasteiger partial charge in [-0.25, -0.2) is 0 Å². The Hall–Kier alpha value is -3.15. The average molecular weight is 382 g/mol. The molecule has 0 aliphatic rings. The summed E-state index contributed by atoms with van der Waals surface area (Å²) in [6.07, 6.45) is 0. The highest BCUT2D eigenvalue weighted by molar-refractivity contribution is 6.07. The van der Waals surface area contributed by atoms with Crippen LogP contribution in [0.5, 0.6) is 17.2 Å². The first-order valence-corrected chi connectivity index (χ1v) is 9.02. The zero-order valence-corrected chi connectivity index (χ0v) is 17.1. The van der Waals surface area contributed by atoms with Crippen LogP contribution in [0.1, 0.15) is 36.8 Å². The number of hydrogen-bond donors (Lipinski definition) is 2. The number of methoxy groups -OCH3 is 3. The Bertz CT molecular complexity index is 998. The van der Waals surface area contributed by atoms with Crippen molar-refractivity contribution < 1.29 is 19.0 Å². The summed E-state index contributed by atoms with van der Waals surface area (Å²) in [7, 11) is 4.66. The van der Waals surface area contributed by atoms with Crippen LogP contribution in [-0.2, 0) is 5.41 Å². The van der Waals surface area contributed by atoms with Gasteiger partial charge >= 0.3 is 0 Å². The number of carbonyl (C=O) groups is 1. The number of carbonyl (C=O) groups excluding carboxylic acids is 1. The van der Waals surface area contributed by atoms with Crippen molar-refractivity contribution in [1.29, 1.82) is 0 Å². The number of hydrogen-bond acceptors (Lipinski definition) is 4. The van der Waals surface area contributed by atoms with Crippen molar-refractivity contribution in [3.05, 3.63) is 47.7 Å². The monoisotopic (exact) mass is 382 g/mol. The molecule has 3 aromatic rings. The fourth-order valence-corrected chi connectivity index (χ4v) is 3.12. The van der Waals surface area contributed by atoms with Gasteiger partial charge < -0.3 is 24.5 Å². The maximum atomic E-state index is 12.7. The molecule has 1 amide bonds. The molecule has 0 spiro atoms.